The highest BCUT2D eigenvalue weighted by molar-refractivity contribution is 5.68. The first-order chi connectivity index (χ1) is 9.74. The molecule has 4 nitrogen and oxygen atoms in total. The minimum Gasteiger partial charge on any atom is -0.470 e. The summed E-state index contributed by atoms with van der Waals surface area (Å²) in [6, 6.07) is 2.95. The van der Waals surface area contributed by atoms with Crippen LogP contribution >= 0.6 is 0 Å². The molecule has 1 aliphatic heterocycles. The highest BCUT2D eigenvalue weighted by Gasteiger charge is 2.33. The van der Waals surface area contributed by atoms with Crippen molar-refractivity contribution in [2.75, 3.05) is 6.54 Å². The smallest absolute Gasteiger partial charge is 0.413 e. The summed E-state index contributed by atoms with van der Waals surface area (Å²) in [5.74, 6) is -1.37. The van der Waals surface area contributed by atoms with Crippen LogP contribution in [-0.2, 0) is 4.74 Å². The van der Waals surface area contributed by atoms with E-state index in [0.717, 1.165) is 24.6 Å². The molecule has 1 aromatic rings. The summed E-state index contributed by atoms with van der Waals surface area (Å²) in [7, 11) is 0. The number of carbonyl (C=O) groups is 1. The summed E-state index contributed by atoms with van der Waals surface area (Å²) in [4.78, 5) is 13.5. The quantitative estimate of drug-likeness (QED) is 0.836. The van der Waals surface area contributed by atoms with E-state index in [-0.39, 0.29) is 5.75 Å². The molecule has 0 bridgehead atoms. The van der Waals surface area contributed by atoms with Gasteiger partial charge in [0.1, 0.15) is 23.0 Å². The number of ether oxygens (including phenoxy) is 2. The number of benzene rings is 1. The van der Waals surface area contributed by atoms with Gasteiger partial charge in [-0.3, -0.25) is 4.90 Å². The summed E-state index contributed by atoms with van der Waals surface area (Å²) in [6.45, 7) is 5.83. The third kappa shape index (κ3) is 4.31. The molecule has 0 N–H and O–H groups in total. The number of halogens is 2. The van der Waals surface area contributed by atoms with Crippen LogP contribution in [-0.4, -0.2) is 29.4 Å². The summed E-state index contributed by atoms with van der Waals surface area (Å²) in [6.07, 6.45) is 0.293. The zero-order valence-electron chi connectivity index (χ0n) is 12.4. The highest BCUT2D eigenvalue weighted by atomic mass is 19.1. The van der Waals surface area contributed by atoms with E-state index in [1.807, 2.05) is 0 Å². The van der Waals surface area contributed by atoms with E-state index in [4.69, 9.17) is 9.47 Å². The number of likely N-dealkylation sites (tertiary alicyclic amines) is 1. The van der Waals surface area contributed by atoms with E-state index < -0.39 is 29.6 Å². The fourth-order valence-corrected chi connectivity index (χ4v) is 2.14. The van der Waals surface area contributed by atoms with Crippen molar-refractivity contribution in [2.24, 2.45) is 0 Å². The van der Waals surface area contributed by atoms with Gasteiger partial charge in [0.25, 0.3) is 0 Å². The van der Waals surface area contributed by atoms with Crippen LogP contribution in [0.4, 0.5) is 13.6 Å². The van der Waals surface area contributed by atoms with Crippen molar-refractivity contribution in [3.8, 4) is 5.75 Å². The molecule has 1 aromatic carbocycles. The molecule has 0 saturated carbocycles. The van der Waals surface area contributed by atoms with Gasteiger partial charge in [-0.05, 0) is 27.2 Å². The molecule has 1 saturated heterocycles. The van der Waals surface area contributed by atoms with Gasteiger partial charge in [0.2, 0.25) is 0 Å². The molecule has 0 aromatic heterocycles. The molecular weight excluding hydrogens is 280 g/mol. The Kier molecular flexibility index (Phi) is 4.34. The van der Waals surface area contributed by atoms with Crippen molar-refractivity contribution in [3.05, 3.63) is 29.8 Å². The summed E-state index contributed by atoms with van der Waals surface area (Å²) < 4.78 is 37.1. The first kappa shape index (κ1) is 15.5. The molecule has 0 unspecified atom stereocenters. The van der Waals surface area contributed by atoms with Crippen LogP contribution in [0.1, 0.15) is 33.6 Å². The topological polar surface area (TPSA) is 38.8 Å². The van der Waals surface area contributed by atoms with E-state index in [1.165, 1.54) is 4.90 Å². The lowest BCUT2D eigenvalue weighted by Crippen LogP contribution is -2.42. The van der Waals surface area contributed by atoms with Crippen LogP contribution in [0.2, 0.25) is 0 Å². The van der Waals surface area contributed by atoms with Gasteiger partial charge in [0, 0.05) is 31.2 Å². The van der Waals surface area contributed by atoms with Crippen molar-refractivity contribution in [1.82, 2.24) is 4.90 Å². The first-order valence-corrected chi connectivity index (χ1v) is 6.87. The second-order valence-electron chi connectivity index (χ2n) is 5.99. The van der Waals surface area contributed by atoms with Crippen LogP contribution < -0.4 is 4.74 Å². The Labute approximate surface area is 122 Å². The average molecular weight is 299 g/mol. The SMILES string of the molecule is CC(C)(C)OC(=O)N1CCC[C@@H]1Oc1cc(F)cc(F)c1. The maximum atomic E-state index is 13.2. The Bertz CT molecular complexity index is 508. The van der Waals surface area contributed by atoms with Gasteiger partial charge in [-0.15, -0.1) is 0 Å². The monoisotopic (exact) mass is 299 g/mol. The molecule has 0 spiro atoms. The van der Waals surface area contributed by atoms with Crippen LogP contribution in [0.5, 0.6) is 5.75 Å². The second-order valence-corrected chi connectivity index (χ2v) is 5.99. The van der Waals surface area contributed by atoms with Crippen LogP contribution in [0.25, 0.3) is 0 Å². The predicted octanol–water partition coefficient (Wildman–Crippen LogP) is 3.70. The molecular formula is C15H19F2NO3. The van der Waals surface area contributed by atoms with Gasteiger partial charge < -0.3 is 9.47 Å². The zero-order chi connectivity index (χ0) is 15.6. The van der Waals surface area contributed by atoms with Gasteiger partial charge in [0.05, 0.1) is 0 Å². The molecule has 0 radical (unpaired) electrons. The molecule has 1 aliphatic rings. The maximum Gasteiger partial charge on any atom is 0.413 e. The third-order valence-corrected chi connectivity index (χ3v) is 2.93. The molecule has 1 atom stereocenters. The normalized spacial score (nSPS) is 18.7. The van der Waals surface area contributed by atoms with Crippen molar-refractivity contribution >= 4 is 6.09 Å². The van der Waals surface area contributed by atoms with Crippen LogP contribution in [0, 0.1) is 11.6 Å². The van der Waals surface area contributed by atoms with Gasteiger partial charge in [-0.25, -0.2) is 13.6 Å². The lowest BCUT2D eigenvalue weighted by atomic mass is 10.2. The van der Waals surface area contributed by atoms with E-state index >= 15 is 0 Å². The molecule has 6 heteroatoms. The maximum absolute atomic E-state index is 13.2. The van der Waals surface area contributed by atoms with Crippen molar-refractivity contribution < 1.29 is 23.0 Å². The number of carbonyl (C=O) groups excluding carboxylic acids is 1. The predicted molar refractivity (Wildman–Crippen MR) is 72.9 cm³/mol. The largest absolute Gasteiger partial charge is 0.470 e. The summed E-state index contributed by atoms with van der Waals surface area (Å²) in [5.41, 5.74) is -0.602. The van der Waals surface area contributed by atoms with Gasteiger partial charge >= 0.3 is 6.09 Å². The molecule has 1 heterocycles. The Hall–Kier alpha value is -1.85. The fourth-order valence-electron chi connectivity index (χ4n) is 2.14. The zero-order valence-corrected chi connectivity index (χ0v) is 12.4. The Morgan fingerprint density at radius 2 is 1.86 bits per heavy atom. The average Bonchev–Trinajstić information content (AvgIpc) is 2.73. The van der Waals surface area contributed by atoms with Crippen molar-refractivity contribution in [1.29, 1.82) is 0 Å². The highest BCUT2D eigenvalue weighted by Crippen LogP contribution is 2.25. The number of nitrogens with zero attached hydrogens (tertiary/aromatic N) is 1. The van der Waals surface area contributed by atoms with Gasteiger partial charge in [0.15, 0.2) is 6.23 Å². The van der Waals surface area contributed by atoms with Crippen LogP contribution in [0.3, 0.4) is 0 Å². The Morgan fingerprint density at radius 1 is 1.24 bits per heavy atom. The molecule has 2 rings (SSSR count). The number of hydrogen-bond donors (Lipinski definition) is 0. The van der Waals surface area contributed by atoms with E-state index in [2.05, 4.69) is 0 Å². The molecule has 1 amide bonds. The summed E-state index contributed by atoms with van der Waals surface area (Å²) in [5, 5.41) is 0. The minimum atomic E-state index is -0.716. The third-order valence-electron chi connectivity index (χ3n) is 2.93. The Balaban J connectivity index is 2.06. The fraction of sp³-hybridized carbons (Fsp3) is 0.533. The van der Waals surface area contributed by atoms with Gasteiger partial charge in [-0.1, -0.05) is 0 Å². The minimum absolute atomic E-state index is 0.0629. The van der Waals surface area contributed by atoms with Crippen molar-refractivity contribution in [3.63, 3.8) is 0 Å². The number of amides is 1. The van der Waals surface area contributed by atoms with E-state index in [0.29, 0.717) is 13.0 Å². The second kappa shape index (κ2) is 5.87. The molecule has 116 valence electrons. The lowest BCUT2D eigenvalue weighted by molar-refractivity contribution is -0.00518. The molecule has 0 aliphatic carbocycles. The van der Waals surface area contributed by atoms with Crippen LogP contribution in [0.15, 0.2) is 18.2 Å². The lowest BCUT2D eigenvalue weighted by Gasteiger charge is -2.28. The number of rotatable bonds is 2. The molecule has 1 fully saturated rings. The molecule has 21 heavy (non-hydrogen) atoms. The van der Waals surface area contributed by atoms with Crippen molar-refractivity contribution in [2.45, 2.75) is 45.4 Å². The Morgan fingerprint density at radius 3 is 2.43 bits per heavy atom. The van der Waals surface area contributed by atoms with E-state index in [1.54, 1.807) is 20.8 Å². The number of hydrogen-bond acceptors (Lipinski definition) is 3. The standard InChI is InChI=1S/C15H19F2NO3/c1-15(2,3)21-14(19)18-6-4-5-13(18)20-12-8-10(16)7-11(17)9-12/h7-9,13H,4-6H2,1-3H3/t13-/m0/s1. The summed E-state index contributed by atoms with van der Waals surface area (Å²) >= 11 is 0. The first-order valence-electron chi connectivity index (χ1n) is 6.87. The van der Waals surface area contributed by atoms with E-state index in [9.17, 15) is 13.6 Å². The van der Waals surface area contributed by atoms with Gasteiger partial charge in [-0.2, -0.15) is 0 Å².